The van der Waals surface area contributed by atoms with Gasteiger partial charge in [0.2, 0.25) is 11.7 Å². The Morgan fingerprint density at radius 1 is 1.50 bits per heavy atom. The Balaban J connectivity index is 1.91. The van der Waals surface area contributed by atoms with Crippen molar-refractivity contribution in [2.24, 2.45) is 0 Å². The van der Waals surface area contributed by atoms with E-state index >= 15 is 0 Å². The zero-order chi connectivity index (χ0) is 12.8. The van der Waals surface area contributed by atoms with E-state index in [4.69, 9.17) is 14.4 Å². The Kier molecular flexibility index (Phi) is 5.10. The Labute approximate surface area is 107 Å². The van der Waals surface area contributed by atoms with Gasteiger partial charge in [-0.25, -0.2) is 0 Å². The molecule has 0 aliphatic carbocycles. The van der Waals surface area contributed by atoms with Gasteiger partial charge in [-0.1, -0.05) is 12.1 Å². The van der Waals surface area contributed by atoms with Crippen molar-refractivity contribution < 1.29 is 14.4 Å². The minimum absolute atomic E-state index is 0.0862. The van der Waals surface area contributed by atoms with Gasteiger partial charge in [0, 0.05) is 26.1 Å². The molecule has 1 saturated heterocycles. The molecule has 18 heavy (non-hydrogen) atoms. The van der Waals surface area contributed by atoms with Crippen LogP contribution in [0.3, 0.4) is 0 Å². The fraction of sp³-hybridized carbons (Fsp3) is 0.833. The first-order valence-electron chi connectivity index (χ1n) is 6.60. The van der Waals surface area contributed by atoms with E-state index in [0.717, 1.165) is 26.1 Å². The average Bonchev–Trinajstić information content (AvgIpc) is 2.86. The number of morpholine rings is 1. The average molecular weight is 255 g/mol. The van der Waals surface area contributed by atoms with Crippen LogP contribution in [0.15, 0.2) is 4.52 Å². The van der Waals surface area contributed by atoms with Crippen molar-refractivity contribution in [3.8, 4) is 0 Å². The molecule has 0 amide bonds. The van der Waals surface area contributed by atoms with E-state index in [1.165, 1.54) is 0 Å². The summed E-state index contributed by atoms with van der Waals surface area (Å²) >= 11 is 0. The summed E-state index contributed by atoms with van der Waals surface area (Å²) in [5.74, 6) is 1.21. The van der Waals surface area contributed by atoms with Gasteiger partial charge in [0.15, 0.2) is 0 Å². The summed E-state index contributed by atoms with van der Waals surface area (Å²) in [6, 6.07) is 0. The van der Waals surface area contributed by atoms with Crippen LogP contribution < -0.4 is 0 Å². The topological polar surface area (TPSA) is 71.6 Å². The van der Waals surface area contributed by atoms with Gasteiger partial charge in [0.25, 0.3) is 0 Å². The molecule has 1 aromatic heterocycles. The highest BCUT2D eigenvalue weighted by atomic mass is 16.5. The first-order chi connectivity index (χ1) is 8.83. The van der Waals surface area contributed by atoms with Crippen LogP contribution in [-0.2, 0) is 11.2 Å². The van der Waals surface area contributed by atoms with E-state index in [2.05, 4.69) is 22.0 Å². The number of ether oxygens (including phenoxy) is 1. The molecule has 0 radical (unpaired) electrons. The van der Waals surface area contributed by atoms with Gasteiger partial charge in [-0.2, -0.15) is 4.98 Å². The third-order valence-electron chi connectivity index (χ3n) is 3.01. The largest absolute Gasteiger partial charge is 0.396 e. The third kappa shape index (κ3) is 3.51. The quantitative estimate of drug-likeness (QED) is 0.810. The summed E-state index contributed by atoms with van der Waals surface area (Å²) in [6.07, 6.45) is 2.32. The lowest BCUT2D eigenvalue weighted by molar-refractivity contribution is -0.0350. The smallest absolute Gasteiger partial charge is 0.226 e. The Hall–Kier alpha value is -0.980. The number of hydrogen-bond donors (Lipinski definition) is 1. The van der Waals surface area contributed by atoms with Crippen molar-refractivity contribution in [2.75, 3.05) is 32.8 Å². The summed E-state index contributed by atoms with van der Waals surface area (Å²) in [7, 11) is 0. The van der Waals surface area contributed by atoms with Crippen LogP contribution in [0.4, 0.5) is 0 Å². The highest BCUT2D eigenvalue weighted by Crippen LogP contribution is 2.20. The van der Waals surface area contributed by atoms with E-state index in [1.807, 2.05) is 0 Å². The maximum Gasteiger partial charge on any atom is 0.226 e. The predicted molar refractivity (Wildman–Crippen MR) is 65.1 cm³/mol. The molecule has 1 fully saturated rings. The standard InChI is InChI=1S/C12H21N3O3/c1-2-5-15-6-8-17-10(9-15)12-13-11(18-14-12)4-3-7-16/h10,16H,2-9H2,1H3. The molecule has 6 nitrogen and oxygen atoms in total. The Morgan fingerprint density at radius 2 is 2.39 bits per heavy atom. The maximum atomic E-state index is 8.76. The molecule has 1 atom stereocenters. The van der Waals surface area contributed by atoms with Crippen LogP contribution in [0.1, 0.15) is 37.6 Å². The lowest BCUT2D eigenvalue weighted by Gasteiger charge is -2.30. The predicted octanol–water partition coefficient (Wildman–Crippen LogP) is 0.778. The van der Waals surface area contributed by atoms with E-state index in [9.17, 15) is 0 Å². The molecule has 2 rings (SSSR count). The second-order valence-corrected chi connectivity index (χ2v) is 4.53. The number of rotatable bonds is 6. The van der Waals surface area contributed by atoms with Crippen molar-refractivity contribution >= 4 is 0 Å². The summed E-state index contributed by atoms with van der Waals surface area (Å²) < 4.78 is 10.8. The first kappa shape index (κ1) is 13.5. The van der Waals surface area contributed by atoms with Gasteiger partial charge >= 0.3 is 0 Å². The van der Waals surface area contributed by atoms with Gasteiger partial charge in [0.05, 0.1) is 6.61 Å². The van der Waals surface area contributed by atoms with Gasteiger partial charge in [0.1, 0.15) is 6.10 Å². The highest BCUT2D eigenvalue weighted by Gasteiger charge is 2.25. The van der Waals surface area contributed by atoms with Crippen molar-refractivity contribution in [3.05, 3.63) is 11.7 Å². The van der Waals surface area contributed by atoms with Gasteiger partial charge < -0.3 is 14.4 Å². The molecule has 2 heterocycles. The zero-order valence-corrected chi connectivity index (χ0v) is 10.8. The van der Waals surface area contributed by atoms with E-state index in [1.54, 1.807) is 0 Å². The fourth-order valence-electron chi connectivity index (χ4n) is 2.11. The van der Waals surface area contributed by atoms with Gasteiger partial charge in [-0.3, -0.25) is 4.90 Å². The van der Waals surface area contributed by atoms with Crippen LogP contribution in [-0.4, -0.2) is 53.0 Å². The third-order valence-corrected chi connectivity index (χ3v) is 3.01. The first-order valence-corrected chi connectivity index (χ1v) is 6.60. The maximum absolute atomic E-state index is 8.76. The summed E-state index contributed by atoms with van der Waals surface area (Å²) in [4.78, 5) is 6.68. The van der Waals surface area contributed by atoms with Crippen LogP contribution in [0, 0.1) is 0 Å². The molecule has 1 aliphatic rings. The minimum atomic E-state index is -0.0862. The number of aryl methyl sites for hydroxylation is 1. The zero-order valence-electron chi connectivity index (χ0n) is 10.8. The number of aromatic nitrogens is 2. The fourth-order valence-corrected chi connectivity index (χ4v) is 2.11. The Bertz CT molecular complexity index is 354. The van der Waals surface area contributed by atoms with Crippen LogP contribution >= 0.6 is 0 Å². The lowest BCUT2D eigenvalue weighted by Crippen LogP contribution is -2.39. The number of aliphatic hydroxyl groups excluding tert-OH is 1. The highest BCUT2D eigenvalue weighted by molar-refractivity contribution is 4.94. The van der Waals surface area contributed by atoms with Crippen LogP contribution in [0.5, 0.6) is 0 Å². The normalized spacial score (nSPS) is 21.3. The van der Waals surface area contributed by atoms with Crippen LogP contribution in [0.25, 0.3) is 0 Å². The molecule has 102 valence electrons. The van der Waals surface area contributed by atoms with E-state index < -0.39 is 0 Å². The molecular formula is C12H21N3O3. The summed E-state index contributed by atoms with van der Waals surface area (Å²) in [6.45, 7) is 5.90. The SMILES string of the molecule is CCCN1CCOC(c2noc(CCCO)n2)C1. The molecule has 6 heteroatoms. The van der Waals surface area contributed by atoms with Crippen molar-refractivity contribution in [2.45, 2.75) is 32.3 Å². The second-order valence-electron chi connectivity index (χ2n) is 4.53. The lowest BCUT2D eigenvalue weighted by atomic mass is 10.2. The molecule has 1 aliphatic heterocycles. The minimum Gasteiger partial charge on any atom is -0.396 e. The molecule has 0 bridgehead atoms. The van der Waals surface area contributed by atoms with Gasteiger partial charge in [-0.15, -0.1) is 0 Å². The molecule has 0 saturated carbocycles. The molecule has 1 unspecified atom stereocenters. The van der Waals surface area contributed by atoms with Crippen molar-refractivity contribution in [1.29, 1.82) is 0 Å². The van der Waals surface area contributed by atoms with Gasteiger partial charge in [-0.05, 0) is 19.4 Å². The van der Waals surface area contributed by atoms with Crippen LogP contribution in [0.2, 0.25) is 0 Å². The van der Waals surface area contributed by atoms with E-state index in [0.29, 0.717) is 31.2 Å². The summed E-state index contributed by atoms with van der Waals surface area (Å²) in [5.41, 5.74) is 0. The molecular weight excluding hydrogens is 234 g/mol. The summed E-state index contributed by atoms with van der Waals surface area (Å²) in [5, 5.41) is 12.7. The number of nitrogens with zero attached hydrogens (tertiary/aromatic N) is 3. The molecule has 1 N–H and O–H groups in total. The molecule has 0 aromatic carbocycles. The number of aliphatic hydroxyl groups is 1. The van der Waals surface area contributed by atoms with E-state index in [-0.39, 0.29) is 12.7 Å². The molecule has 0 spiro atoms. The number of hydrogen-bond acceptors (Lipinski definition) is 6. The second kappa shape index (κ2) is 6.82. The monoisotopic (exact) mass is 255 g/mol. The van der Waals surface area contributed by atoms with Crippen molar-refractivity contribution in [1.82, 2.24) is 15.0 Å². The van der Waals surface area contributed by atoms with Crippen molar-refractivity contribution in [3.63, 3.8) is 0 Å². The molecule has 1 aromatic rings. The Morgan fingerprint density at radius 3 is 3.17 bits per heavy atom.